The number of amides is 1. The first-order valence-corrected chi connectivity index (χ1v) is 9.13. The van der Waals surface area contributed by atoms with Gasteiger partial charge in [0.25, 0.3) is 5.91 Å². The molecule has 1 aliphatic rings. The van der Waals surface area contributed by atoms with E-state index in [1.165, 1.54) is 0 Å². The van der Waals surface area contributed by atoms with Crippen LogP contribution in [0, 0.1) is 6.92 Å². The molecular formula is C21H18ClN3O3. The molecule has 0 fully saturated rings. The molecular weight excluding hydrogens is 378 g/mol. The monoisotopic (exact) mass is 395 g/mol. The van der Waals surface area contributed by atoms with Gasteiger partial charge >= 0.3 is 0 Å². The quantitative estimate of drug-likeness (QED) is 0.668. The van der Waals surface area contributed by atoms with Crippen molar-refractivity contribution >= 4 is 28.9 Å². The predicted molar refractivity (Wildman–Crippen MR) is 107 cm³/mol. The molecule has 2 aromatic carbocycles. The minimum Gasteiger partial charge on any atom is -0.454 e. The van der Waals surface area contributed by atoms with Crippen LogP contribution in [-0.4, -0.2) is 17.7 Å². The highest BCUT2D eigenvalue weighted by Crippen LogP contribution is 2.32. The summed E-state index contributed by atoms with van der Waals surface area (Å²) in [7, 11) is 0. The number of anilines is 2. The molecule has 6 nitrogen and oxygen atoms in total. The Morgan fingerprint density at radius 1 is 1.14 bits per heavy atom. The van der Waals surface area contributed by atoms with Crippen LogP contribution in [0.3, 0.4) is 0 Å². The Morgan fingerprint density at radius 2 is 2.00 bits per heavy atom. The summed E-state index contributed by atoms with van der Waals surface area (Å²) >= 11 is 6.16. The molecule has 0 aliphatic carbocycles. The molecule has 0 atom stereocenters. The fourth-order valence-electron chi connectivity index (χ4n) is 2.85. The Morgan fingerprint density at radius 3 is 2.89 bits per heavy atom. The third-order valence-electron chi connectivity index (χ3n) is 4.43. The number of hydrogen-bond acceptors (Lipinski definition) is 5. The predicted octanol–water partition coefficient (Wildman–Crippen LogP) is 4.45. The standard InChI is InChI=1S/C21H18ClN3O3/c1-13-16(22)3-2-4-17(13)25-15-7-8-23-18(10-15)21(26)24-11-14-5-6-19-20(9-14)28-12-27-19/h2-10H,11-12H2,1H3,(H,23,25)(H,24,26). The molecule has 28 heavy (non-hydrogen) atoms. The molecule has 0 unspecified atom stereocenters. The zero-order chi connectivity index (χ0) is 19.5. The van der Waals surface area contributed by atoms with Gasteiger partial charge in [0, 0.05) is 29.1 Å². The van der Waals surface area contributed by atoms with Gasteiger partial charge in [0.15, 0.2) is 11.5 Å². The van der Waals surface area contributed by atoms with E-state index in [1.54, 1.807) is 18.3 Å². The Bertz CT molecular complexity index is 1040. The number of carbonyl (C=O) groups excluding carboxylic acids is 1. The molecule has 0 saturated carbocycles. The Balaban J connectivity index is 1.43. The molecule has 2 N–H and O–H groups in total. The maximum absolute atomic E-state index is 12.5. The summed E-state index contributed by atoms with van der Waals surface area (Å²) < 4.78 is 10.6. The van der Waals surface area contributed by atoms with E-state index in [0.29, 0.717) is 28.8 Å². The summed E-state index contributed by atoms with van der Waals surface area (Å²) in [6, 6.07) is 14.7. The van der Waals surface area contributed by atoms with E-state index in [0.717, 1.165) is 22.5 Å². The topological polar surface area (TPSA) is 72.5 Å². The first-order valence-electron chi connectivity index (χ1n) is 8.75. The Hall–Kier alpha value is -3.25. The maximum Gasteiger partial charge on any atom is 0.270 e. The minimum atomic E-state index is -0.260. The van der Waals surface area contributed by atoms with Crippen molar-refractivity contribution in [3.8, 4) is 11.5 Å². The summed E-state index contributed by atoms with van der Waals surface area (Å²) in [6.45, 7) is 2.52. The van der Waals surface area contributed by atoms with Crippen LogP contribution in [-0.2, 0) is 6.54 Å². The lowest BCUT2D eigenvalue weighted by atomic mass is 10.2. The number of benzene rings is 2. The van der Waals surface area contributed by atoms with Gasteiger partial charge in [-0.1, -0.05) is 23.7 Å². The molecule has 0 saturated heterocycles. The normalized spacial score (nSPS) is 11.9. The van der Waals surface area contributed by atoms with Gasteiger partial charge in [-0.15, -0.1) is 0 Å². The summed E-state index contributed by atoms with van der Waals surface area (Å²) in [4.78, 5) is 16.7. The zero-order valence-electron chi connectivity index (χ0n) is 15.2. The van der Waals surface area contributed by atoms with Gasteiger partial charge in [0.1, 0.15) is 5.69 Å². The molecule has 142 valence electrons. The molecule has 1 amide bonds. The van der Waals surface area contributed by atoms with Crippen molar-refractivity contribution in [1.82, 2.24) is 10.3 Å². The van der Waals surface area contributed by atoms with Crippen LogP contribution >= 0.6 is 11.6 Å². The van der Waals surface area contributed by atoms with Crippen LogP contribution in [0.2, 0.25) is 5.02 Å². The van der Waals surface area contributed by atoms with E-state index in [1.807, 2.05) is 43.3 Å². The SMILES string of the molecule is Cc1c(Cl)cccc1Nc1ccnc(C(=O)NCc2ccc3c(c2)OCO3)c1. The highest BCUT2D eigenvalue weighted by Gasteiger charge is 2.14. The number of aromatic nitrogens is 1. The van der Waals surface area contributed by atoms with E-state index < -0.39 is 0 Å². The van der Waals surface area contributed by atoms with Crippen LogP contribution in [0.4, 0.5) is 11.4 Å². The number of fused-ring (bicyclic) bond motifs is 1. The summed E-state index contributed by atoms with van der Waals surface area (Å²) in [5.74, 6) is 1.14. The van der Waals surface area contributed by atoms with E-state index >= 15 is 0 Å². The van der Waals surface area contributed by atoms with Crippen molar-refractivity contribution in [2.24, 2.45) is 0 Å². The molecule has 0 radical (unpaired) electrons. The Labute approximate surface area is 167 Å². The summed E-state index contributed by atoms with van der Waals surface area (Å²) in [6.07, 6.45) is 1.59. The van der Waals surface area contributed by atoms with Crippen molar-refractivity contribution in [1.29, 1.82) is 0 Å². The molecule has 0 bridgehead atoms. The molecule has 1 aliphatic heterocycles. The molecule has 0 spiro atoms. The lowest BCUT2D eigenvalue weighted by molar-refractivity contribution is 0.0946. The van der Waals surface area contributed by atoms with E-state index in [-0.39, 0.29) is 12.7 Å². The number of nitrogens with one attached hydrogen (secondary N) is 2. The second-order valence-electron chi connectivity index (χ2n) is 6.34. The van der Waals surface area contributed by atoms with Gasteiger partial charge < -0.3 is 20.1 Å². The number of rotatable bonds is 5. The number of pyridine rings is 1. The van der Waals surface area contributed by atoms with E-state index in [4.69, 9.17) is 21.1 Å². The lowest BCUT2D eigenvalue weighted by Crippen LogP contribution is -2.23. The van der Waals surface area contributed by atoms with Gasteiger partial charge in [-0.25, -0.2) is 0 Å². The molecule has 4 rings (SSSR count). The fourth-order valence-corrected chi connectivity index (χ4v) is 3.03. The van der Waals surface area contributed by atoms with Crippen molar-refractivity contribution < 1.29 is 14.3 Å². The van der Waals surface area contributed by atoms with Crippen molar-refractivity contribution in [2.45, 2.75) is 13.5 Å². The average Bonchev–Trinajstić information content (AvgIpc) is 3.18. The second-order valence-corrected chi connectivity index (χ2v) is 6.74. The summed E-state index contributed by atoms with van der Waals surface area (Å²) in [5, 5.41) is 6.83. The van der Waals surface area contributed by atoms with Crippen molar-refractivity contribution in [2.75, 3.05) is 12.1 Å². The van der Waals surface area contributed by atoms with Crippen molar-refractivity contribution in [3.63, 3.8) is 0 Å². The number of hydrogen-bond donors (Lipinski definition) is 2. The van der Waals surface area contributed by atoms with Gasteiger partial charge in [-0.3, -0.25) is 9.78 Å². The number of halogens is 1. The van der Waals surface area contributed by atoms with E-state index in [2.05, 4.69) is 15.6 Å². The Kier molecular flexibility index (Phi) is 5.04. The first-order chi connectivity index (χ1) is 13.6. The lowest BCUT2D eigenvalue weighted by Gasteiger charge is -2.11. The highest BCUT2D eigenvalue weighted by molar-refractivity contribution is 6.31. The zero-order valence-corrected chi connectivity index (χ0v) is 15.9. The van der Waals surface area contributed by atoms with E-state index in [9.17, 15) is 4.79 Å². The second kappa shape index (κ2) is 7.78. The third-order valence-corrected chi connectivity index (χ3v) is 4.84. The van der Waals surface area contributed by atoms with Crippen LogP contribution in [0.15, 0.2) is 54.7 Å². The number of carbonyl (C=O) groups is 1. The fraction of sp³-hybridized carbons (Fsp3) is 0.143. The molecule has 3 aromatic rings. The third kappa shape index (κ3) is 3.87. The smallest absolute Gasteiger partial charge is 0.270 e. The maximum atomic E-state index is 12.5. The summed E-state index contributed by atoms with van der Waals surface area (Å²) in [5.41, 5.74) is 3.82. The minimum absolute atomic E-state index is 0.223. The largest absolute Gasteiger partial charge is 0.454 e. The number of ether oxygens (including phenoxy) is 2. The van der Waals surface area contributed by atoms with Gasteiger partial charge in [0.05, 0.1) is 0 Å². The van der Waals surface area contributed by atoms with Crippen LogP contribution in [0.25, 0.3) is 0 Å². The van der Waals surface area contributed by atoms with Crippen molar-refractivity contribution in [3.05, 3.63) is 76.6 Å². The van der Waals surface area contributed by atoms with Crippen LogP contribution < -0.4 is 20.1 Å². The van der Waals surface area contributed by atoms with Crippen LogP contribution in [0.1, 0.15) is 21.6 Å². The van der Waals surface area contributed by atoms with Crippen LogP contribution in [0.5, 0.6) is 11.5 Å². The molecule has 2 heterocycles. The highest BCUT2D eigenvalue weighted by atomic mass is 35.5. The number of nitrogens with zero attached hydrogens (tertiary/aromatic N) is 1. The molecule has 1 aromatic heterocycles. The van der Waals surface area contributed by atoms with Gasteiger partial charge in [-0.05, 0) is 54.4 Å². The average molecular weight is 396 g/mol. The van der Waals surface area contributed by atoms with Gasteiger partial charge in [-0.2, -0.15) is 0 Å². The van der Waals surface area contributed by atoms with Gasteiger partial charge in [0.2, 0.25) is 6.79 Å². The first kappa shape index (κ1) is 18.1. The molecule has 7 heteroatoms.